The van der Waals surface area contributed by atoms with Crippen LogP contribution in [0.3, 0.4) is 0 Å². The molecule has 7 nitrogen and oxygen atoms in total. The summed E-state index contributed by atoms with van der Waals surface area (Å²) in [5, 5.41) is 20.3. The molecule has 0 radical (unpaired) electrons. The molecular weight excluding hydrogens is 296 g/mol. The van der Waals surface area contributed by atoms with Crippen molar-refractivity contribution in [3.8, 4) is 5.75 Å². The topological polar surface area (TPSA) is 101 Å². The zero-order valence-electron chi connectivity index (χ0n) is 11.9. The quantitative estimate of drug-likeness (QED) is 0.678. The third kappa shape index (κ3) is 2.73. The summed E-state index contributed by atoms with van der Waals surface area (Å²) in [5.41, 5.74) is -0.601. The van der Waals surface area contributed by atoms with E-state index in [4.69, 9.17) is 0 Å². The first-order valence-corrected chi connectivity index (χ1v) is 8.24. The van der Waals surface area contributed by atoms with Gasteiger partial charge in [0.05, 0.1) is 9.82 Å². The van der Waals surface area contributed by atoms with Crippen LogP contribution in [0.2, 0.25) is 0 Å². The maximum absolute atomic E-state index is 12.7. The number of hydrogen-bond acceptors (Lipinski definition) is 5. The first-order valence-electron chi connectivity index (χ1n) is 6.80. The average molecular weight is 314 g/mol. The highest BCUT2D eigenvalue weighted by atomic mass is 32.2. The second-order valence-corrected chi connectivity index (χ2v) is 7.07. The van der Waals surface area contributed by atoms with E-state index in [0.29, 0.717) is 6.42 Å². The maximum Gasteiger partial charge on any atom is 0.312 e. The Bertz CT molecular complexity index is 659. The molecule has 0 spiro atoms. The predicted molar refractivity (Wildman–Crippen MR) is 76.6 cm³/mol. The van der Waals surface area contributed by atoms with Gasteiger partial charge in [0.1, 0.15) is 0 Å². The van der Waals surface area contributed by atoms with E-state index in [1.54, 1.807) is 0 Å². The third-order valence-corrected chi connectivity index (χ3v) is 5.96. The minimum absolute atomic E-state index is 0.0853. The second kappa shape index (κ2) is 5.61. The molecule has 0 aliphatic carbocycles. The first kappa shape index (κ1) is 15.7. The largest absolute Gasteiger partial charge is 0.502 e. The molecule has 8 heteroatoms. The number of phenolic OH excluding ortho intramolecular Hbond substituents is 1. The number of nitro groups is 1. The lowest BCUT2D eigenvalue weighted by Gasteiger charge is -2.26. The molecule has 0 bridgehead atoms. The predicted octanol–water partition coefficient (Wildman–Crippen LogP) is 2.25. The van der Waals surface area contributed by atoms with Crippen molar-refractivity contribution in [2.24, 2.45) is 0 Å². The van der Waals surface area contributed by atoms with Gasteiger partial charge in [0, 0.05) is 18.2 Å². The number of phenols is 1. The Morgan fingerprint density at radius 1 is 1.43 bits per heavy atom. The lowest BCUT2D eigenvalue weighted by atomic mass is 10.2. The summed E-state index contributed by atoms with van der Waals surface area (Å²) in [4.78, 5) is 9.90. The Balaban J connectivity index is 2.49. The molecule has 0 aromatic heterocycles. The molecule has 0 saturated carbocycles. The van der Waals surface area contributed by atoms with Crippen molar-refractivity contribution in [1.82, 2.24) is 4.31 Å². The summed E-state index contributed by atoms with van der Waals surface area (Å²) in [6.07, 6.45) is 2.26. The highest BCUT2D eigenvalue weighted by Gasteiger charge is 2.39. The Hall–Kier alpha value is -1.67. The Morgan fingerprint density at radius 3 is 2.67 bits per heavy atom. The van der Waals surface area contributed by atoms with Crippen molar-refractivity contribution in [3.63, 3.8) is 0 Å². The molecule has 1 fully saturated rings. The molecular formula is C13H18N2O5S. The van der Waals surface area contributed by atoms with Crippen LogP contribution in [0, 0.1) is 10.1 Å². The molecule has 21 heavy (non-hydrogen) atoms. The van der Waals surface area contributed by atoms with E-state index >= 15 is 0 Å². The standard InChI is InChI=1S/C13H18N2O5S/c1-3-10-5-4-9(2)14(10)21(19,20)11-6-7-13(16)12(8-11)15(17)18/h6-10,16H,3-5H2,1-2H3. The van der Waals surface area contributed by atoms with Gasteiger partial charge in [0.2, 0.25) is 10.0 Å². The van der Waals surface area contributed by atoms with Gasteiger partial charge in [-0.2, -0.15) is 4.31 Å². The van der Waals surface area contributed by atoms with Gasteiger partial charge in [-0.3, -0.25) is 10.1 Å². The van der Waals surface area contributed by atoms with E-state index in [1.165, 1.54) is 10.4 Å². The third-order valence-electron chi connectivity index (χ3n) is 3.90. The SMILES string of the molecule is CCC1CCC(C)N1S(=O)(=O)c1ccc(O)c([N+](=O)[O-])c1. The number of benzene rings is 1. The highest BCUT2D eigenvalue weighted by molar-refractivity contribution is 7.89. The molecule has 2 rings (SSSR count). The Morgan fingerprint density at radius 2 is 2.10 bits per heavy atom. The number of nitro benzene ring substituents is 1. The van der Waals surface area contributed by atoms with Gasteiger partial charge in [0.25, 0.3) is 0 Å². The molecule has 0 amide bonds. The van der Waals surface area contributed by atoms with Crippen LogP contribution in [0.4, 0.5) is 5.69 Å². The van der Waals surface area contributed by atoms with Gasteiger partial charge < -0.3 is 5.11 Å². The van der Waals surface area contributed by atoms with E-state index in [-0.39, 0.29) is 17.0 Å². The number of aromatic hydroxyl groups is 1. The van der Waals surface area contributed by atoms with Gasteiger partial charge in [-0.05, 0) is 38.3 Å². The van der Waals surface area contributed by atoms with Crippen LogP contribution in [-0.4, -0.2) is 34.8 Å². The highest BCUT2D eigenvalue weighted by Crippen LogP contribution is 2.35. The van der Waals surface area contributed by atoms with Gasteiger partial charge in [-0.25, -0.2) is 8.42 Å². The number of hydrogen-bond donors (Lipinski definition) is 1. The van der Waals surface area contributed by atoms with E-state index in [0.717, 1.165) is 25.0 Å². The van der Waals surface area contributed by atoms with Crippen LogP contribution in [0.25, 0.3) is 0 Å². The fourth-order valence-corrected chi connectivity index (χ4v) is 4.77. The van der Waals surface area contributed by atoms with Crippen molar-refractivity contribution in [2.45, 2.75) is 50.1 Å². The van der Waals surface area contributed by atoms with Crippen molar-refractivity contribution in [2.75, 3.05) is 0 Å². The molecule has 1 heterocycles. The van der Waals surface area contributed by atoms with Crippen molar-refractivity contribution < 1.29 is 18.4 Å². The summed E-state index contributed by atoms with van der Waals surface area (Å²) < 4.78 is 26.9. The van der Waals surface area contributed by atoms with E-state index in [9.17, 15) is 23.6 Å². The van der Waals surface area contributed by atoms with Crippen molar-refractivity contribution in [3.05, 3.63) is 28.3 Å². The Labute approximate surface area is 123 Å². The molecule has 1 aliphatic rings. The van der Waals surface area contributed by atoms with Crippen LogP contribution in [-0.2, 0) is 10.0 Å². The molecule has 2 atom stereocenters. The number of nitrogens with zero attached hydrogens (tertiary/aromatic N) is 2. The Kier molecular flexibility index (Phi) is 4.20. The zero-order chi connectivity index (χ0) is 15.8. The average Bonchev–Trinajstić information content (AvgIpc) is 2.80. The van der Waals surface area contributed by atoms with Crippen LogP contribution < -0.4 is 0 Å². The van der Waals surface area contributed by atoms with Gasteiger partial charge in [0.15, 0.2) is 5.75 Å². The lowest BCUT2D eigenvalue weighted by Crippen LogP contribution is -2.39. The van der Waals surface area contributed by atoms with Crippen molar-refractivity contribution >= 4 is 15.7 Å². The molecule has 1 aliphatic heterocycles. The van der Waals surface area contributed by atoms with E-state index in [1.807, 2.05) is 13.8 Å². The molecule has 1 saturated heterocycles. The van der Waals surface area contributed by atoms with Gasteiger partial charge in [-0.1, -0.05) is 6.92 Å². The van der Waals surface area contributed by atoms with Crippen LogP contribution >= 0.6 is 0 Å². The first-order chi connectivity index (χ1) is 9.78. The fraction of sp³-hybridized carbons (Fsp3) is 0.538. The normalized spacial score (nSPS) is 23.3. The minimum atomic E-state index is -3.80. The summed E-state index contributed by atoms with van der Waals surface area (Å²) >= 11 is 0. The number of rotatable bonds is 4. The van der Waals surface area contributed by atoms with E-state index < -0.39 is 26.4 Å². The van der Waals surface area contributed by atoms with E-state index in [2.05, 4.69) is 0 Å². The summed E-state index contributed by atoms with van der Waals surface area (Å²) in [6.45, 7) is 3.76. The monoisotopic (exact) mass is 314 g/mol. The molecule has 1 N–H and O–H groups in total. The van der Waals surface area contributed by atoms with Crippen LogP contribution in [0.1, 0.15) is 33.1 Å². The summed E-state index contributed by atoms with van der Waals surface area (Å²) in [6, 6.07) is 2.95. The van der Waals surface area contributed by atoms with Gasteiger partial charge in [-0.15, -0.1) is 0 Å². The smallest absolute Gasteiger partial charge is 0.312 e. The maximum atomic E-state index is 12.7. The molecule has 2 unspecified atom stereocenters. The van der Waals surface area contributed by atoms with Gasteiger partial charge >= 0.3 is 5.69 Å². The minimum Gasteiger partial charge on any atom is -0.502 e. The molecule has 1 aromatic rings. The lowest BCUT2D eigenvalue weighted by molar-refractivity contribution is -0.386. The molecule has 1 aromatic carbocycles. The summed E-state index contributed by atoms with van der Waals surface area (Å²) in [5.74, 6) is -0.541. The van der Waals surface area contributed by atoms with Crippen LogP contribution in [0.15, 0.2) is 23.1 Å². The second-order valence-electron chi connectivity index (χ2n) is 5.23. The zero-order valence-corrected chi connectivity index (χ0v) is 12.7. The van der Waals surface area contributed by atoms with Crippen molar-refractivity contribution in [1.29, 1.82) is 0 Å². The van der Waals surface area contributed by atoms with Crippen LogP contribution in [0.5, 0.6) is 5.75 Å². The molecule has 116 valence electrons. The number of sulfonamides is 1. The summed E-state index contributed by atoms with van der Waals surface area (Å²) in [7, 11) is -3.80. The fourth-order valence-electron chi connectivity index (χ4n) is 2.80.